The highest BCUT2D eigenvalue weighted by Gasteiger charge is 2.13. The van der Waals surface area contributed by atoms with Crippen LogP contribution in [0.25, 0.3) is 10.9 Å². The molecule has 0 radical (unpaired) electrons. The Morgan fingerprint density at radius 2 is 2.17 bits per heavy atom. The third-order valence-electron chi connectivity index (χ3n) is 4.24. The minimum atomic E-state index is -0.103. The fourth-order valence-corrected chi connectivity index (χ4v) is 3.15. The molecule has 2 heterocycles. The molecule has 1 aromatic heterocycles. The van der Waals surface area contributed by atoms with Crippen LogP contribution >= 0.6 is 11.6 Å². The number of fused-ring (bicyclic) bond motifs is 1. The van der Waals surface area contributed by atoms with Crippen LogP contribution in [0.15, 0.2) is 29.4 Å². The van der Waals surface area contributed by atoms with Crippen molar-refractivity contribution in [3.8, 4) is 0 Å². The van der Waals surface area contributed by atoms with Crippen LogP contribution in [0.4, 0.5) is 0 Å². The number of nitrogens with one attached hydrogen (secondary N) is 1. The molecule has 1 saturated heterocycles. The zero-order valence-electron chi connectivity index (χ0n) is 13.8. The summed E-state index contributed by atoms with van der Waals surface area (Å²) in [5, 5.41) is 5.40. The molecule has 1 aromatic carbocycles. The number of hydrogen-bond acceptors (Lipinski definition) is 4. The molecule has 0 unspecified atom stereocenters. The van der Waals surface area contributed by atoms with E-state index in [4.69, 9.17) is 11.6 Å². The number of halogens is 1. The normalized spacial score (nSPS) is 15.9. The maximum Gasteiger partial charge on any atom is 0.254 e. The zero-order chi connectivity index (χ0) is 16.9. The molecule has 0 bridgehead atoms. The molecule has 24 heavy (non-hydrogen) atoms. The SMILES string of the molecule is Cc1cccc2cc(/C=N/NC(=O)CN3CCCCC3)c(Cl)nc12. The summed E-state index contributed by atoms with van der Waals surface area (Å²) in [6.07, 6.45) is 5.12. The summed E-state index contributed by atoms with van der Waals surface area (Å²) in [5.74, 6) is -0.103. The molecule has 1 fully saturated rings. The van der Waals surface area contributed by atoms with E-state index in [1.165, 1.54) is 6.42 Å². The second kappa shape index (κ2) is 7.73. The maximum atomic E-state index is 11.9. The van der Waals surface area contributed by atoms with Gasteiger partial charge in [0.15, 0.2) is 0 Å². The van der Waals surface area contributed by atoms with Gasteiger partial charge >= 0.3 is 0 Å². The number of carbonyl (C=O) groups is 1. The predicted octanol–water partition coefficient (Wildman–Crippen LogP) is 3.13. The quantitative estimate of drug-likeness (QED) is 0.526. The first-order valence-electron chi connectivity index (χ1n) is 8.23. The molecule has 0 atom stereocenters. The second-order valence-electron chi connectivity index (χ2n) is 6.15. The van der Waals surface area contributed by atoms with Crippen LogP contribution in [0.5, 0.6) is 0 Å². The topological polar surface area (TPSA) is 57.6 Å². The first-order valence-corrected chi connectivity index (χ1v) is 8.61. The fourth-order valence-electron chi connectivity index (χ4n) is 2.96. The van der Waals surface area contributed by atoms with Crippen molar-refractivity contribution < 1.29 is 4.79 Å². The van der Waals surface area contributed by atoms with Crippen LogP contribution in [0.3, 0.4) is 0 Å². The summed E-state index contributed by atoms with van der Waals surface area (Å²) < 4.78 is 0. The Hall–Kier alpha value is -1.98. The Labute approximate surface area is 146 Å². The summed E-state index contributed by atoms with van der Waals surface area (Å²) in [6, 6.07) is 7.89. The van der Waals surface area contributed by atoms with E-state index >= 15 is 0 Å². The van der Waals surface area contributed by atoms with Gasteiger partial charge in [-0.3, -0.25) is 9.69 Å². The van der Waals surface area contributed by atoms with E-state index in [2.05, 4.69) is 20.4 Å². The maximum absolute atomic E-state index is 11.9. The molecule has 3 rings (SSSR count). The number of nitrogens with zero attached hydrogens (tertiary/aromatic N) is 3. The molecule has 1 amide bonds. The van der Waals surface area contributed by atoms with E-state index in [1.807, 2.05) is 31.2 Å². The van der Waals surface area contributed by atoms with Gasteiger partial charge in [-0.15, -0.1) is 0 Å². The number of para-hydroxylation sites is 1. The van der Waals surface area contributed by atoms with Gasteiger partial charge in [-0.25, -0.2) is 10.4 Å². The van der Waals surface area contributed by atoms with Crippen LogP contribution in [-0.2, 0) is 4.79 Å². The molecule has 126 valence electrons. The Morgan fingerprint density at radius 1 is 1.38 bits per heavy atom. The molecule has 0 aliphatic carbocycles. The van der Waals surface area contributed by atoms with Crippen LogP contribution in [0.1, 0.15) is 30.4 Å². The van der Waals surface area contributed by atoms with Crippen LogP contribution in [0, 0.1) is 6.92 Å². The molecule has 5 nitrogen and oxygen atoms in total. The average Bonchev–Trinajstić information content (AvgIpc) is 2.57. The Kier molecular flexibility index (Phi) is 5.43. The lowest BCUT2D eigenvalue weighted by atomic mass is 10.1. The highest BCUT2D eigenvalue weighted by atomic mass is 35.5. The number of aryl methyl sites for hydroxylation is 1. The molecule has 0 saturated carbocycles. The van der Waals surface area contributed by atoms with Crippen molar-refractivity contribution in [1.29, 1.82) is 0 Å². The lowest BCUT2D eigenvalue weighted by Crippen LogP contribution is -2.38. The van der Waals surface area contributed by atoms with Crippen molar-refractivity contribution in [2.24, 2.45) is 5.10 Å². The third kappa shape index (κ3) is 4.10. The van der Waals surface area contributed by atoms with E-state index in [-0.39, 0.29) is 5.91 Å². The van der Waals surface area contributed by atoms with Crippen molar-refractivity contribution >= 4 is 34.6 Å². The van der Waals surface area contributed by atoms with Gasteiger partial charge in [0.05, 0.1) is 18.3 Å². The van der Waals surface area contributed by atoms with Crippen molar-refractivity contribution in [3.63, 3.8) is 0 Å². The Bertz CT molecular complexity index is 769. The molecule has 0 spiro atoms. The minimum Gasteiger partial charge on any atom is -0.294 e. The van der Waals surface area contributed by atoms with Crippen LogP contribution < -0.4 is 5.43 Å². The summed E-state index contributed by atoms with van der Waals surface area (Å²) in [5.41, 5.74) is 5.22. The summed E-state index contributed by atoms with van der Waals surface area (Å²) >= 11 is 6.22. The number of carbonyl (C=O) groups excluding carboxylic acids is 1. The minimum absolute atomic E-state index is 0.103. The predicted molar refractivity (Wildman–Crippen MR) is 97.5 cm³/mol. The van der Waals surface area contributed by atoms with Gasteiger partial charge in [0.25, 0.3) is 5.91 Å². The smallest absolute Gasteiger partial charge is 0.254 e. The van der Waals surface area contributed by atoms with E-state index < -0.39 is 0 Å². The molecule has 2 aromatic rings. The van der Waals surface area contributed by atoms with Crippen molar-refractivity contribution in [2.45, 2.75) is 26.2 Å². The van der Waals surface area contributed by atoms with Gasteiger partial charge in [0.2, 0.25) is 0 Å². The average molecular weight is 345 g/mol. The summed E-state index contributed by atoms with van der Waals surface area (Å²) in [6.45, 7) is 4.36. The van der Waals surface area contributed by atoms with E-state index in [0.29, 0.717) is 17.3 Å². The standard InChI is InChI=1S/C18H21ClN4O/c1-13-6-5-7-14-10-15(18(19)21-17(13)14)11-20-22-16(24)12-23-8-3-2-4-9-23/h5-7,10-11H,2-4,8-9,12H2,1H3,(H,22,24)/b20-11+. The van der Waals surface area contributed by atoms with Gasteiger partial charge in [0, 0.05) is 10.9 Å². The molecule has 1 aliphatic rings. The van der Waals surface area contributed by atoms with Crippen molar-refractivity contribution in [1.82, 2.24) is 15.3 Å². The van der Waals surface area contributed by atoms with Gasteiger partial charge in [-0.1, -0.05) is 36.2 Å². The number of benzene rings is 1. The van der Waals surface area contributed by atoms with Gasteiger partial charge in [-0.2, -0.15) is 5.10 Å². The van der Waals surface area contributed by atoms with Crippen LogP contribution in [0.2, 0.25) is 5.15 Å². The third-order valence-corrected chi connectivity index (χ3v) is 4.54. The molecular formula is C18H21ClN4O. The highest BCUT2D eigenvalue weighted by molar-refractivity contribution is 6.32. The van der Waals surface area contributed by atoms with Gasteiger partial charge in [0.1, 0.15) is 5.15 Å². The number of pyridine rings is 1. The Morgan fingerprint density at radius 3 is 2.96 bits per heavy atom. The Balaban J connectivity index is 1.64. The number of rotatable bonds is 4. The monoisotopic (exact) mass is 344 g/mol. The number of likely N-dealkylation sites (tertiary alicyclic amines) is 1. The largest absolute Gasteiger partial charge is 0.294 e. The second-order valence-corrected chi connectivity index (χ2v) is 6.50. The molecule has 6 heteroatoms. The van der Waals surface area contributed by atoms with E-state index in [1.54, 1.807) is 6.21 Å². The van der Waals surface area contributed by atoms with E-state index in [9.17, 15) is 4.79 Å². The lowest BCUT2D eigenvalue weighted by molar-refractivity contribution is -0.122. The zero-order valence-corrected chi connectivity index (χ0v) is 14.5. The molecule has 1 N–H and O–H groups in total. The first kappa shape index (κ1) is 16.9. The van der Waals surface area contributed by atoms with Crippen molar-refractivity contribution in [3.05, 3.63) is 40.5 Å². The van der Waals surface area contributed by atoms with Gasteiger partial charge in [-0.05, 0) is 44.5 Å². The van der Waals surface area contributed by atoms with E-state index in [0.717, 1.165) is 42.4 Å². The number of hydrazone groups is 1. The first-order chi connectivity index (χ1) is 11.6. The van der Waals surface area contributed by atoms with Crippen molar-refractivity contribution in [2.75, 3.05) is 19.6 Å². The fraction of sp³-hybridized carbons (Fsp3) is 0.389. The molecular weight excluding hydrogens is 324 g/mol. The lowest BCUT2D eigenvalue weighted by Gasteiger charge is -2.25. The number of aromatic nitrogens is 1. The van der Waals surface area contributed by atoms with Gasteiger partial charge < -0.3 is 0 Å². The number of hydrogen-bond donors (Lipinski definition) is 1. The molecule has 1 aliphatic heterocycles. The highest BCUT2D eigenvalue weighted by Crippen LogP contribution is 2.21. The van der Waals surface area contributed by atoms with Crippen LogP contribution in [-0.4, -0.2) is 41.6 Å². The summed E-state index contributed by atoms with van der Waals surface area (Å²) in [4.78, 5) is 18.5. The number of amides is 1. The number of piperidine rings is 1. The summed E-state index contributed by atoms with van der Waals surface area (Å²) in [7, 11) is 0.